The summed E-state index contributed by atoms with van der Waals surface area (Å²) in [4.78, 5) is 19.5. The Hall–Kier alpha value is -3.03. The van der Waals surface area contributed by atoms with Crippen molar-refractivity contribution < 1.29 is 13.2 Å². The van der Waals surface area contributed by atoms with Gasteiger partial charge in [-0.2, -0.15) is 9.40 Å². The minimum absolute atomic E-state index is 0.0240. The van der Waals surface area contributed by atoms with Crippen LogP contribution in [0.5, 0.6) is 0 Å². The predicted octanol–water partition coefficient (Wildman–Crippen LogP) is 0.825. The average molecular weight is 489 g/mol. The van der Waals surface area contributed by atoms with Crippen LogP contribution in [0.3, 0.4) is 0 Å². The first kappa shape index (κ1) is 21.8. The molecule has 33 heavy (non-hydrogen) atoms. The molecule has 3 aromatic heterocycles. The van der Waals surface area contributed by atoms with Gasteiger partial charge in [0.2, 0.25) is 10.0 Å². The van der Waals surface area contributed by atoms with Gasteiger partial charge in [-0.05, 0) is 42.1 Å². The highest BCUT2D eigenvalue weighted by atomic mass is 32.2. The molecule has 1 amide bonds. The average Bonchev–Trinajstić information content (AvgIpc) is 3.52. The molecule has 3 N–H and O–H groups in total. The highest BCUT2D eigenvalue weighted by molar-refractivity contribution is 7.88. The van der Waals surface area contributed by atoms with E-state index in [0.29, 0.717) is 29.3 Å². The number of sulfonamides is 1. The van der Waals surface area contributed by atoms with Gasteiger partial charge in [0.1, 0.15) is 16.7 Å². The van der Waals surface area contributed by atoms with E-state index in [1.807, 2.05) is 12.1 Å². The predicted molar refractivity (Wildman–Crippen MR) is 127 cm³/mol. The van der Waals surface area contributed by atoms with Crippen molar-refractivity contribution in [1.82, 2.24) is 28.6 Å². The Labute approximate surface area is 195 Å². The van der Waals surface area contributed by atoms with E-state index in [1.165, 1.54) is 28.4 Å². The van der Waals surface area contributed by atoms with Gasteiger partial charge in [-0.3, -0.25) is 4.79 Å². The van der Waals surface area contributed by atoms with Crippen molar-refractivity contribution in [2.75, 3.05) is 43.1 Å². The van der Waals surface area contributed by atoms with Gasteiger partial charge in [0.25, 0.3) is 5.91 Å². The van der Waals surface area contributed by atoms with Crippen LogP contribution >= 0.6 is 11.5 Å². The number of hydrogen-bond donors (Lipinski definition) is 2. The van der Waals surface area contributed by atoms with Crippen molar-refractivity contribution in [3.05, 3.63) is 41.3 Å². The van der Waals surface area contributed by atoms with E-state index >= 15 is 0 Å². The lowest BCUT2D eigenvalue weighted by atomic mass is 10.0. The van der Waals surface area contributed by atoms with Crippen LogP contribution in [0.25, 0.3) is 11.1 Å². The fourth-order valence-corrected chi connectivity index (χ4v) is 5.61. The number of fused-ring (bicyclic) bond motifs is 1. The number of nitrogen functional groups attached to an aromatic ring is 1. The second kappa shape index (κ2) is 8.39. The third-order valence-corrected chi connectivity index (χ3v) is 7.97. The van der Waals surface area contributed by atoms with Gasteiger partial charge in [0, 0.05) is 38.4 Å². The molecule has 0 spiro atoms. The number of nitrogens with zero attached hydrogens (tertiary/aromatic N) is 6. The number of carbonyl (C=O) groups is 1. The Morgan fingerprint density at radius 3 is 2.94 bits per heavy atom. The molecule has 174 valence electrons. The smallest absolute Gasteiger partial charge is 0.263 e. The van der Waals surface area contributed by atoms with Crippen molar-refractivity contribution in [1.29, 1.82) is 0 Å². The summed E-state index contributed by atoms with van der Waals surface area (Å²) in [6.45, 7) is 2.02. The molecule has 5 rings (SSSR count). The molecular formula is C20H24N8O3S2. The molecule has 5 heterocycles. The molecular weight excluding hydrogens is 464 g/mol. The van der Waals surface area contributed by atoms with Crippen molar-refractivity contribution in [2.45, 2.75) is 18.9 Å². The largest absolute Gasteiger partial charge is 0.382 e. The SMILES string of the molecule is CS(=O)(=O)N1CC=C(c2cc(N3CCC[C@@H](NC(=O)c4ccns4)C3)c3c(N)ncnn23)C1. The number of hydrogen-bond acceptors (Lipinski definition) is 9. The summed E-state index contributed by atoms with van der Waals surface area (Å²) in [5.74, 6) is 0.229. The standard InChI is InChI=1S/C20H24N8O3S2/c1-33(30,31)27-8-5-13(10-27)15-9-16(18-19(21)22-12-23-28(15)18)26-7-2-3-14(11-26)25-20(29)17-4-6-24-32-17/h4-6,9,12,14H,2-3,7-8,10-11H2,1H3,(H,25,29)(H2,21,22,23)/t14-/m1/s1. The Balaban J connectivity index is 1.44. The maximum absolute atomic E-state index is 12.5. The van der Waals surface area contributed by atoms with E-state index in [2.05, 4.69) is 24.7 Å². The van der Waals surface area contributed by atoms with Crippen LogP contribution in [0, 0.1) is 0 Å². The normalized spacial score (nSPS) is 19.7. The lowest BCUT2D eigenvalue weighted by molar-refractivity contribution is 0.0937. The maximum Gasteiger partial charge on any atom is 0.263 e. The van der Waals surface area contributed by atoms with Gasteiger partial charge in [-0.25, -0.2) is 22.3 Å². The highest BCUT2D eigenvalue weighted by Gasteiger charge is 2.29. The highest BCUT2D eigenvalue weighted by Crippen LogP contribution is 2.35. The van der Waals surface area contributed by atoms with Crippen LogP contribution in [0.1, 0.15) is 28.2 Å². The van der Waals surface area contributed by atoms with Crippen LogP contribution in [0.15, 0.2) is 30.7 Å². The molecule has 2 aliphatic heterocycles. The molecule has 2 aliphatic rings. The van der Waals surface area contributed by atoms with E-state index in [0.717, 1.165) is 36.3 Å². The second-order valence-electron chi connectivity index (χ2n) is 8.24. The molecule has 0 aromatic carbocycles. The second-order valence-corrected chi connectivity index (χ2v) is 11.1. The molecule has 3 aromatic rings. The number of amides is 1. The van der Waals surface area contributed by atoms with Gasteiger partial charge < -0.3 is 16.0 Å². The van der Waals surface area contributed by atoms with Crippen molar-refractivity contribution >= 4 is 50.1 Å². The minimum atomic E-state index is -3.30. The Morgan fingerprint density at radius 1 is 1.36 bits per heavy atom. The molecule has 0 aliphatic carbocycles. The van der Waals surface area contributed by atoms with E-state index in [4.69, 9.17) is 5.73 Å². The maximum atomic E-state index is 12.5. The molecule has 0 unspecified atom stereocenters. The summed E-state index contributed by atoms with van der Waals surface area (Å²) < 4.78 is 31.1. The first-order chi connectivity index (χ1) is 15.8. The van der Waals surface area contributed by atoms with Crippen LogP contribution in [-0.2, 0) is 10.0 Å². The van der Waals surface area contributed by atoms with E-state index < -0.39 is 10.0 Å². The number of rotatable bonds is 5. The van der Waals surface area contributed by atoms with Crippen LogP contribution in [0.2, 0.25) is 0 Å². The summed E-state index contributed by atoms with van der Waals surface area (Å²) in [7, 11) is -3.30. The van der Waals surface area contributed by atoms with Gasteiger partial charge in [0.05, 0.1) is 17.6 Å². The molecule has 13 heteroatoms. The topological polar surface area (TPSA) is 139 Å². The summed E-state index contributed by atoms with van der Waals surface area (Å²) in [5.41, 5.74) is 9.46. The van der Waals surface area contributed by atoms with E-state index in [1.54, 1.807) is 16.8 Å². The zero-order valence-corrected chi connectivity index (χ0v) is 19.6. The number of nitrogens with two attached hydrogens (primary N) is 1. The summed E-state index contributed by atoms with van der Waals surface area (Å²) in [6.07, 6.45) is 7.90. The van der Waals surface area contributed by atoms with E-state index in [9.17, 15) is 13.2 Å². The zero-order valence-electron chi connectivity index (χ0n) is 18.0. The van der Waals surface area contributed by atoms with Crippen LogP contribution in [0.4, 0.5) is 11.5 Å². The first-order valence-corrected chi connectivity index (χ1v) is 13.2. The summed E-state index contributed by atoms with van der Waals surface area (Å²) in [6, 6.07) is 3.68. The molecule has 1 atom stereocenters. The minimum Gasteiger partial charge on any atom is -0.382 e. The van der Waals surface area contributed by atoms with Crippen molar-refractivity contribution in [3.63, 3.8) is 0 Å². The number of nitrogens with one attached hydrogen (secondary N) is 1. The molecule has 0 saturated carbocycles. The Bertz CT molecular complexity index is 1330. The van der Waals surface area contributed by atoms with Gasteiger partial charge in [0.15, 0.2) is 5.82 Å². The summed E-state index contributed by atoms with van der Waals surface area (Å²) >= 11 is 1.17. The van der Waals surface area contributed by atoms with Crippen molar-refractivity contribution in [3.8, 4) is 0 Å². The lowest BCUT2D eigenvalue weighted by Gasteiger charge is -2.34. The first-order valence-electron chi connectivity index (χ1n) is 10.5. The lowest BCUT2D eigenvalue weighted by Crippen LogP contribution is -2.47. The fraction of sp³-hybridized carbons (Fsp3) is 0.400. The fourth-order valence-electron chi connectivity index (χ4n) is 4.39. The third kappa shape index (κ3) is 4.18. The number of aromatic nitrogens is 4. The van der Waals surface area contributed by atoms with Gasteiger partial charge in [-0.1, -0.05) is 6.08 Å². The molecule has 11 nitrogen and oxygen atoms in total. The monoisotopic (exact) mass is 488 g/mol. The molecule has 1 fully saturated rings. The van der Waals surface area contributed by atoms with Crippen LogP contribution in [-0.4, -0.2) is 76.1 Å². The zero-order chi connectivity index (χ0) is 23.2. The molecule has 0 radical (unpaired) electrons. The van der Waals surface area contributed by atoms with Gasteiger partial charge >= 0.3 is 0 Å². The van der Waals surface area contributed by atoms with Crippen LogP contribution < -0.4 is 16.0 Å². The Kier molecular flexibility index (Phi) is 5.54. The number of anilines is 2. The number of piperidine rings is 1. The van der Waals surface area contributed by atoms with Crippen molar-refractivity contribution in [2.24, 2.45) is 0 Å². The summed E-state index contributed by atoms with van der Waals surface area (Å²) in [5, 5.41) is 7.51. The number of carbonyl (C=O) groups excluding carboxylic acids is 1. The molecule has 1 saturated heterocycles. The van der Waals surface area contributed by atoms with E-state index in [-0.39, 0.29) is 18.5 Å². The third-order valence-electron chi connectivity index (χ3n) is 6.01. The quantitative estimate of drug-likeness (QED) is 0.538. The molecule has 0 bridgehead atoms. The van der Waals surface area contributed by atoms with Gasteiger partial charge in [-0.15, -0.1) is 0 Å². The Morgan fingerprint density at radius 2 is 2.21 bits per heavy atom.